The molecule has 1 atom stereocenters. The fraction of sp³-hybridized carbons (Fsp3) is 0.467. The third kappa shape index (κ3) is 2.34. The van der Waals surface area contributed by atoms with Crippen molar-refractivity contribution in [2.75, 3.05) is 13.7 Å². The minimum absolute atomic E-state index is 0.131. The predicted molar refractivity (Wildman–Crippen MR) is 73.5 cm³/mol. The average molecular weight is 292 g/mol. The zero-order valence-corrected chi connectivity index (χ0v) is 11.8. The Morgan fingerprint density at radius 3 is 2.90 bits per heavy atom. The van der Waals surface area contributed by atoms with Gasteiger partial charge in [0, 0.05) is 18.2 Å². The van der Waals surface area contributed by atoms with Gasteiger partial charge in [-0.2, -0.15) is 0 Å². The van der Waals surface area contributed by atoms with Crippen LogP contribution in [0.3, 0.4) is 0 Å². The molecule has 1 unspecified atom stereocenters. The molecule has 2 aliphatic rings. The van der Waals surface area contributed by atoms with Gasteiger partial charge in [-0.25, -0.2) is 4.39 Å². The molecule has 3 rings (SSSR count). The van der Waals surface area contributed by atoms with E-state index in [0.717, 1.165) is 12.8 Å². The molecule has 6 heteroatoms. The van der Waals surface area contributed by atoms with Crippen LogP contribution in [-0.2, 0) is 11.3 Å². The van der Waals surface area contributed by atoms with E-state index in [4.69, 9.17) is 4.74 Å². The molecule has 1 aromatic rings. The molecule has 1 saturated heterocycles. The Bertz CT molecular complexity index is 603. The third-order valence-electron chi connectivity index (χ3n) is 4.10. The second-order valence-electron chi connectivity index (χ2n) is 5.37. The molecule has 21 heavy (non-hydrogen) atoms. The first-order valence-electron chi connectivity index (χ1n) is 7.07. The molecule has 0 spiro atoms. The summed E-state index contributed by atoms with van der Waals surface area (Å²) in [6.45, 7) is 0.929. The maximum Gasteiger partial charge on any atom is 0.255 e. The first-order valence-corrected chi connectivity index (χ1v) is 7.07. The molecule has 2 aliphatic heterocycles. The molecule has 112 valence electrons. The highest BCUT2D eigenvalue weighted by molar-refractivity contribution is 6.01. The number of rotatable bonds is 2. The Morgan fingerprint density at radius 1 is 1.33 bits per heavy atom. The lowest BCUT2D eigenvalue weighted by Crippen LogP contribution is -2.45. The maximum atomic E-state index is 13.6. The number of halogens is 1. The van der Waals surface area contributed by atoms with Crippen molar-refractivity contribution in [3.8, 4) is 5.75 Å². The lowest BCUT2D eigenvalue weighted by Gasteiger charge is -2.25. The lowest BCUT2D eigenvalue weighted by molar-refractivity contribution is -0.125. The topological polar surface area (TPSA) is 58.6 Å². The fourth-order valence-electron chi connectivity index (χ4n) is 3.02. The Morgan fingerprint density at radius 2 is 2.14 bits per heavy atom. The van der Waals surface area contributed by atoms with Crippen molar-refractivity contribution in [3.05, 3.63) is 29.1 Å². The van der Waals surface area contributed by atoms with Crippen LogP contribution < -0.4 is 10.1 Å². The number of fused-ring (bicyclic) bond motifs is 1. The van der Waals surface area contributed by atoms with Crippen molar-refractivity contribution in [2.24, 2.45) is 0 Å². The van der Waals surface area contributed by atoms with E-state index in [1.807, 2.05) is 0 Å². The predicted octanol–water partition coefficient (Wildman–Crippen LogP) is 1.46. The molecule has 1 N–H and O–H groups in total. The van der Waals surface area contributed by atoms with E-state index in [-0.39, 0.29) is 18.4 Å². The molecule has 0 saturated carbocycles. The number of nitrogens with one attached hydrogen (secondary N) is 1. The normalized spacial score (nSPS) is 21.8. The summed E-state index contributed by atoms with van der Waals surface area (Å²) in [6.07, 6.45) is 2.43. The smallest absolute Gasteiger partial charge is 0.255 e. The van der Waals surface area contributed by atoms with E-state index in [1.54, 1.807) is 0 Å². The van der Waals surface area contributed by atoms with Crippen molar-refractivity contribution >= 4 is 11.8 Å². The Labute approximate surface area is 122 Å². The molecular formula is C15H17FN2O3. The van der Waals surface area contributed by atoms with Crippen molar-refractivity contribution in [2.45, 2.75) is 31.8 Å². The number of nitrogens with zero attached hydrogens (tertiary/aromatic N) is 1. The summed E-state index contributed by atoms with van der Waals surface area (Å²) in [5.41, 5.74) is 0.949. The third-order valence-corrected chi connectivity index (χ3v) is 4.10. The van der Waals surface area contributed by atoms with Gasteiger partial charge < -0.3 is 15.0 Å². The largest absolute Gasteiger partial charge is 0.496 e. The first-order chi connectivity index (χ1) is 10.1. The summed E-state index contributed by atoms with van der Waals surface area (Å²) in [6, 6.07) is 2.00. The second kappa shape index (κ2) is 5.35. The highest BCUT2D eigenvalue weighted by Gasteiger charge is 2.38. The van der Waals surface area contributed by atoms with Gasteiger partial charge in [-0.3, -0.25) is 9.59 Å². The number of carbonyl (C=O) groups excluding carboxylic acids is 2. The van der Waals surface area contributed by atoms with Crippen LogP contribution in [0.5, 0.6) is 5.75 Å². The van der Waals surface area contributed by atoms with E-state index in [0.29, 0.717) is 29.8 Å². The summed E-state index contributed by atoms with van der Waals surface area (Å²) < 4.78 is 18.7. The summed E-state index contributed by atoms with van der Waals surface area (Å²) in [4.78, 5) is 26.1. The fourth-order valence-corrected chi connectivity index (χ4v) is 3.02. The number of carbonyl (C=O) groups is 2. The summed E-state index contributed by atoms with van der Waals surface area (Å²) in [7, 11) is 1.44. The van der Waals surface area contributed by atoms with E-state index in [9.17, 15) is 14.0 Å². The summed E-state index contributed by atoms with van der Waals surface area (Å²) >= 11 is 0. The van der Waals surface area contributed by atoms with Crippen LogP contribution in [0.1, 0.15) is 35.2 Å². The first kappa shape index (κ1) is 13.9. The van der Waals surface area contributed by atoms with Gasteiger partial charge in [0.2, 0.25) is 5.91 Å². The van der Waals surface area contributed by atoms with Gasteiger partial charge >= 0.3 is 0 Å². The number of methoxy groups -OCH3 is 1. The van der Waals surface area contributed by atoms with E-state index < -0.39 is 11.9 Å². The zero-order chi connectivity index (χ0) is 15.0. The Hall–Kier alpha value is -2.11. The van der Waals surface area contributed by atoms with Crippen molar-refractivity contribution in [3.63, 3.8) is 0 Å². The van der Waals surface area contributed by atoms with Gasteiger partial charge in [-0.05, 0) is 25.3 Å². The van der Waals surface area contributed by atoms with Crippen LogP contribution in [-0.4, -0.2) is 36.4 Å². The number of ether oxygens (including phenoxy) is 1. The number of amides is 2. The SMILES string of the molecule is COc1cc(F)cc2c1CN(C1CCCCNC1=O)C2=O. The van der Waals surface area contributed by atoms with Gasteiger partial charge in [-0.1, -0.05) is 0 Å². The van der Waals surface area contributed by atoms with E-state index in [2.05, 4.69) is 5.32 Å². The number of hydrogen-bond acceptors (Lipinski definition) is 3. The second-order valence-corrected chi connectivity index (χ2v) is 5.37. The Kier molecular flexibility index (Phi) is 3.53. The van der Waals surface area contributed by atoms with Crippen LogP contribution in [0, 0.1) is 5.82 Å². The zero-order valence-electron chi connectivity index (χ0n) is 11.8. The van der Waals surface area contributed by atoms with Crippen LogP contribution in [0.25, 0.3) is 0 Å². The van der Waals surface area contributed by atoms with Crippen molar-refractivity contribution < 1.29 is 18.7 Å². The van der Waals surface area contributed by atoms with Gasteiger partial charge in [0.05, 0.1) is 19.2 Å². The highest BCUT2D eigenvalue weighted by atomic mass is 19.1. The van der Waals surface area contributed by atoms with Gasteiger partial charge in [-0.15, -0.1) is 0 Å². The highest BCUT2D eigenvalue weighted by Crippen LogP contribution is 2.34. The molecule has 2 heterocycles. The van der Waals surface area contributed by atoms with Crippen LogP contribution in [0.15, 0.2) is 12.1 Å². The molecule has 1 fully saturated rings. The molecule has 1 aromatic carbocycles. The molecule has 0 bridgehead atoms. The Balaban J connectivity index is 1.94. The number of hydrogen-bond donors (Lipinski definition) is 1. The van der Waals surface area contributed by atoms with Crippen LogP contribution in [0.4, 0.5) is 4.39 Å². The molecule has 2 amide bonds. The van der Waals surface area contributed by atoms with E-state index in [1.165, 1.54) is 24.1 Å². The molecule has 0 aromatic heterocycles. The quantitative estimate of drug-likeness (QED) is 0.897. The molecular weight excluding hydrogens is 275 g/mol. The monoisotopic (exact) mass is 292 g/mol. The standard InChI is InChI=1S/C15H17FN2O3/c1-21-13-7-9(16)6-10-11(13)8-18(15(10)20)12-4-2-3-5-17-14(12)19/h6-7,12H,2-5,8H2,1H3,(H,17,19). The van der Waals surface area contributed by atoms with Crippen molar-refractivity contribution in [1.29, 1.82) is 0 Å². The van der Waals surface area contributed by atoms with Crippen molar-refractivity contribution in [1.82, 2.24) is 10.2 Å². The summed E-state index contributed by atoms with van der Waals surface area (Å²) in [5, 5.41) is 2.82. The number of benzene rings is 1. The minimum Gasteiger partial charge on any atom is -0.496 e. The molecule has 0 aliphatic carbocycles. The maximum absolute atomic E-state index is 13.6. The van der Waals surface area contributed by atoms with Gasteiger partial charge in [0.15, 0.2) is 0 Å². The average Bonchev–Trinajstić information content (AvgIpc) is 2.65. The van der Waals surface area contributed by atoms with Crippen LogP contribution >= 0.6 is 0 Å². The molecule has 0 radical (unpaired) electrons. The van der Waals surface area contributed by atoms with E-state index >= 15 is 0 Å². The van der Waals surface area contributed by atoms with Gasteiger partial charge in [0.25, 0.3) is 5.91 Å². The summed E-state index contributed by atoms with van der Waals surface area (Å²) in [5.74, 6) is -0.584. The van der Waals surface area contributed by atoms with Gasteiger partial charge in [0.1, 0.15) is 17.6 Å². The minimum atomic E-state index is -0.508. The lowest BCUT2D eigenvalue weighted by atomic mass is 10.1. The molecule has 5 nitrogen and oxygen atoms in total. The van der Waals surface area contributed by atoms with Crippen LogP contribution in [0.2, 0.25) is 0 Å².